The molecule has 2 saturated heterocycles. The monoisotopic (exact) mass is 274 g/mol. The third-order valence-corrected chi connectivity index (χ3v) is 4.56. The summed E-state index contributed by atoms with van der Waals surface area (Å²) in [6.45, 7) is 1.56. The van der Waals surface area contributed by atoms with Crippen molar-refractivity contribution in [3.63, 3.8) is 0 Å². The summed E-state index contributed by atoms with van der Waals surface area (Å²) in [7, 11) is -3.00. The summed E-state index contributed by atoms with van der Waals surface area (Å²) in [5, 5.41) is 2.64. The summed E-state index contributed by atoms with van der Waals surface area (Å²) in [6.07, 6.45) is 2.46. The van der Waals surface area contributed by atoms with Crippen molar-refractivity contribution >= 4 is 21.7 Å². The van der Waals surface area contributed by atoms with Gasteiger partial charge >= 0.3 is 0 Å². The molecule has 2 aliphatic heterocycles. The van der Waals surface area contributed by atoms with Gasteiger partial charge in [-0.05, 0) is 18.8 Å². The molecule has 2 unspecified atom stereocenters. The maximum absolute atomic E-state index is 12.1. The molecule has 0 aliphatic carbocycles. The highest BCUT2D eigenvalue weighted by Gasteiger charge is 2.37. The van der Waals surface area contributed by atoms with E-state index < -0.39 is 15.8 Å². The van der Waals surface area contributed by atoms with Gasteiger partial charge in [-0.1, -0.05) is 0 Å². The predicted octanol–water partition coefficient (Wildman–Crippen LogP) is -0.984. The van der Waals surface area contributed by atoms with Gasteiger partial charge in [-0.25, -0.2) is 8.42 Å². The van der Waals surface area contributed by atoms with E-state index in [1.165, 1.54) is 6.26 Å². The Morgan fingerprint density at radius 2 is 2.17 bits per heavy atom. The molecule has 2 atom stereocenters. The number of hydrogen-bond acceptors (Lipinski definition) is 4. The van der Waals surface area contributed by atoms with Crippen LogP contribution in [0, 0.1) is 11.8 Å². The van der Waals surface area contributed by atoms with Crippen molar-refractivity contribution in [2.45, 2.75) is 12.8 Å². The first kappa shape index (κ1) is 13.3. The van der Waals surface area contributed by atoms with Crippen molar-refractivity contribution in [2.75, 3.05) is 31.6 Å². The standard InChI is InChI=1S/C11H18N2O4S/c1-18(16,17)7-8-3-5-13(6-8)11(15)9-2-4-12-10(9)14/h8-9H,2-7H2,1H3,(H,12,14). The number of amides is 2. The van der Waals surface area contributed by atoms with E-state index in [-0.39, 0.29) is 23.5 Å². The van der Waals surface area contributed by atoms with E-state index in [0.29, 0.717) is 32.5 Å². The normalized spacial score (nSPS) is 28.5. The maximum Gasteiger partial charge on any atom is 0.235 e. The second-order valence-electron chi connectivity index (χ2n) is 5.16. The van der Waals surface area contributed by atoms with Crippen molar-refractivity contribution in [1.82, 2.24) is 10.2 Å². The van der Waals surface area contributed by atoms with Crippen molar-refractivity contribution < 1.29 is 18.0 Å². The molecule has 2 rings (SSSR count). The number of hydrogen-bond donors (Lipinski definition) is 1. The van der Waals surface area contributed by atoms with Gasteiger partial charge in [-0.3, -0.25) is 9.59 Å². The highest BCUT2D eigenvalue weighted by atomic mass is 32.2. The molecular weight excluding hydrogens is 256 g/mol. The van der Waals surface area contributed by atoms with Gasteiger partial charge in [0.1, 0.15) is 15.8 Å². The zero-order valence-electron chi connectivity index (χ0n) is 10.4. The van der Waals surface area contributed by atoms with Crippen LogP contribution < -0.4 is 5.32 Å². The Morgan fingerprint density at radius 1 is 1.44 bits per heavy atom. The average Bonchev–Trinajstić information content (AvgIpc) is 2.84. The molecule has 0 bridgehead atoms. The lowest BCUT2D eigenvalue weighted by Crippen LogP contribution is -2.38. The highest BCUT2D eigenvalue weighted by molar-refractivity contribution is 7.90. The van der Waals surface area contributed by atoms with Crippen LogP contribution in [0.25, 0.3) is 0 Å². The summed E-state index contributed by atoms with van der Waals surface area (Å²) in [4.78, 5) is 25.1. The first-order chi connectivity index (χ1) is 8.37. The first-order valence-electron chi connectivity index (χ1n) is 6.11. The van der Waals surface area contributed by atoms with E-state index in [2.05, 4.69) is 5.32 Å². The van der Waals surface area contributed by atoms with Gasteiger partial charge in [0.05, 0.1) is 5.75 Å². The number of likely N-dealkylation sites (tertiary alicyclic amines) is 1. The summed E-state index contributed by atoms with van der Waals surface area (Å²) in [5.41, 5.74) is 0. The predicted molar refractivity (Wildman–Crippen MR) is 65.5 cm³/mol. The molecule has 0 spiro atoms. The van der Waals surface area contributed by atoms with Crippen LogP contribution in [0.5, 0.6) is 0 Å². The van der Waals surface area contributed by atoms with Crippen LogP contribution in [0.4, 0.5) is 0 Å². The van der Waals surface area contributed by atoms with Crippen molar-refractivity contribution in [1.29, 1.82) is 0 Å². The second kappa shape index (κ2) is 4.87. The Morgan fingerprint density at radius 3 is 2.72 bits per heavy atom. The number of carbonyl (C=O) groups excluding carboxylic acids is 2. The lowest BCUT2D eigenvalue weighted by Gasteiger charge is -2.19. The smallest absolute Gasteiger partial charge is 0.235 e. The van der Waals surface area contributed by atoms with Crippen LogP contribution >= 0.6 is 0 Å². The number of nitrogens with zero attached hydrogens (tertiary/aromatic N) is 1. The topological polar surface area (TPSA) is 83.6 Å². The molecule has 18 heavy (non-hydrogen) atoms. The Balaban J connectivity index is 1.92. The van der Waals surface area contributed by atoms with Crippen LogP contribution in [0.2, 0.25) is 0 Å². The minimum Gasteiger partial charge on any atom is -0.355 e. The fourth-order valence-electron chi connectivity index (χ4n) is 2.65. The lowest BCUT2D eigenvalue weighted by molar-refractivity contribution is -0.139. The molecule has 2 amide bonds. The fourth-order valence-corrected chi connectivity index (χ4v) is 3.78. The molecule has 6 nitrogen and oxygen atoms in total. The molecule has 2 fully saturated rings. The third kappa shape index (κ3) is 3.01. The lowest BCUT2D eigenvalue weighted by atomic mass is 10.1. The summed E-state index contributed by atoms with van der Waals surface area (Å²) in [5.74, 6) is -0.795. The van der Waals surface area contributed by atoms with Gasteiger partial charge in [0.15, 0.2) is 0 Å². The van der Waals surface area contributed by atoms with Gasteiger partial charge in [-0.2, -0.15) is 0 Å². The molecule has 0 aromatic carbocycles. The quantitative estimate of drug-likeness (QED) is 0.670. The minimum atomic E-state index is -3.00. The van der Waals surface area contributed by atoms with E-state index in [0.717, 1.165) is 0 Å². The zero-order chi connectivity index (χ0) is 13.3. The number of nitrogens with one attached hydrogen (secondary N) is 1. The van der Waals surface area contributed by atoms with Crippen molar-refractivity contribution in [3.8, 4) is 0 Å². The SMILES string of the molecule is CS(=O)(=O)CC1CCN(C(=O)C2CCNC2=O)C1. The molecule has 7 heteroatoms. The third-order valence-electron chi connectivity index (χ3n) is 3.48. The number of rotatable bonds is 3. The minimum absolute atomic E-state index is 0.00779. The van der Waals surface area contributed by atoms with E-state index in [4.69, 9.17) is 0 Å². The fraction of sp³-hybridized carbons (Fsp3) is 0.818. The van der Waals surface area contributed by atoms with Crippen LogP contribution in [0.1, 0.15) is 12.8 Å². The molecule has 0 aromatic rings. The molecule has 0 radical (unpaired) electrons. The second-order valence-corrected chi connectivity index (χ2v) is 7.35. The van der Waals surface area contributed by atoms with Gasteiger partial charge in [-0.15, -0.1) is 0 Å². The Hall–Kier alpha value is -1.11. The molecule has 2 heterocycles. The van der Waals surface area contributed by atoms with Gasteiger partial charge in [0.25, 0.3) is 0 Å². The van der Waals surface area contributed by atoms with Gasteiger partial charge in [0.2, 0.25) is 11.8 Å². The van der Waals surface area contributed by atoms with Crippen LogP contribution in [-0.4, -0.2) is 56.8 Å². The Bertz CT molecular complexity index is 460. The number of sulfone groups is 1. The first-order valence-corrected chi connectivity index (χ1v) is 8.17. The Labute approximate surface area is 107 Å². The van der Waals surface area contributed by atoms with Gasteiger partial charge < -0.3 is 10.2 Å². The van der Waals surface area contributed by atoms with Crippen LogP contribution in [0.15, 0.2) is 0 Å². The summed E-state index contributed by atoms with van der Waals surface area (Å²) in [6, 6.07) is 0. The van der Waals surface area contributed by atoms with E-state index >= 15 is 0 Å². The molecule has 102 valence electrons. The van der Waals surface area contributed by atoms with E-state index in [9.17, 15) is 18.0 Å². The Kier molecular flexibility index (Phi) is 3.61. The molecule has 2 aliphatic rings. The van der Waals surface area contributed by atoms with Crippen molar-refractivity contribution in [2.24, 2.45) is 11.8 Å². The average molecular weight is 274 g/mol. The number of carbonyl (C=O) groups is 2. The van der Waals surface area contributed by atoms with Gasteiger partial charge in [0, 0.05) is 25.9 Å². The molecule has 0 saturated carbocycles. The highest BCUT2D eigenvalue weighted by Crippen LogP contribution is 2.22. The largest absolute Gasteiger partial charge is 0.355 e. The molecular formula is C11H18N2O4S. The molecule has 0 aromatic heterocycles. The van der Waals surface area contributed by atoms with E-state index in [1.54, 1.807) is 4.90 Å². The summed E-state index contributed by atoms with van der Waals surface area (Å²) < 4.78 is 22.4. The maximum atomic E-state index is 12.1. The van der Waals surface area contributed by atoms with E-state index in [1.807, 2.05) is 0 Å². The van der Waals surface area contributed by atoms with Crippen molar-refractivity contribution in [3.05, 3.63) is 0 Å². The molecule has 1 N–H and O–H groups in total. The summed E-state index contributed by atoms with van der Waals surface area (Å²) >= 11 is 0. The van der Waals surface area contributed by atoms with Crippen LogP contribution in [0.3, 0.4) is 0 Å². The van der Waals surface area contributed by atoms with Crippen LogP contribution in [-0.2, 0) is 19.4 Å². The zero-order valence-corrected chi connectivity index (χ0v) is 11.2.